The van der Waals surface area contributed by atoms with E-state index in [0.717, 1.165) is 17.8 Å². The monoisotopic (exact) mass is 311 g/mol. The molecule has 116 valence electrons. The van der Waals surface area contributed by atoms with Gasteiger partial charge in [-0.25, -0.2) is 0 Å². The van der Waals surface area contributed by atoms with Crippen molar-refractivity contribution in [3.05, 3.63) is 96.6 Å². The van der Waals surface area contributed by atoms with Gasteiger partial charge < -0.3 is 0 Å². The molecule has 0 spiro atoms. The van der Waals surface area contributed by atoms with Gasteiger partial charge in [0.2, 0.25) is 0 Å². The molecule has 0 unspecified atom stereocenters. The molecule has 0 aromatic heterocycles. The number of hydrogen-bond donors (Lipinski definition) is 0. The Bertz CT molecular complexity index is 928. The Kier molecular flexibility index (Phi) is 3.51. The van der Waals surface area contributed by atoms with Gasteiger partial charge in [0.25, 0.3) is 5.91 Å². The Morgan fingerprint density at radius 1 is 0.875 bits per heavy atom. The Labute approximate surface area is 141 Å². The first-order valence-electron chi connectivity index (χ1n) is 8.01. The number of benzene rings is 3. The minimum absolute atomic E-state index is 0.120. The SMILES string of the molecule is C=CC(=O)N(c1ccccc1)c1cccc2c1Cc1ccccc1-2. The first-order chi connectivity index (χ1) is 11.8. The third-order valence-corrected chi connectivity index (χ3v) is 4.48. The van der Waals surface area contributed by atoms with Gasteiger partial charge in [-0.2, -0.15) is 0 Å². The quantitative estimate of drug-likeness (QED) is 0.482. The lowest BCUT2D eigenvalue weighted by molar-refractivity contribution is -0.113. The van der Waals surface area contributed by atoms with Crippen LogP contribution in [0.1, 0.15) is 11.1 Å². The molecule has 1 amide bonds. The van der Waals surface area contributed by atoms with E-state index < -0.39 is 0 Å². The Morgan fingerprint density at radius 3 is 2.38 bits per heavy atom. The van der Waals surface area contributed by atoms with Gasteiger partial charge in [0, 0.05) is 12.1 Å². The molecule has 0 N–H and O–H groups in total. The molecule has 0 heterocycles. The van der Waals surface area contributed by atoms with Crippen LogP contribution in [0.25, 0.3) is 11.1 Å². The van der Waals surface area contributed by atoms with Crippen molar-refractivity contribution in [2.24, 2.45) is 0 Å². The third kappa shape index (κ3) is 2.24. The Balaban J connectivity index is 1.90. The Morgan fingerprint density at radius 2 is 1.58 bits per heavy atom. The second-order valence-electron chi connectivity index (χ2n) is 5.85. The van der Waals surface area contributed by atoms with E-state index in [1.165, 1.54) is 28.3 Å². The van der Waals surface area contributed by atoms with E-state index in [-0.39, 0.29) is 5.91 Å². The zero-order valence-corrected chi connectivity index (χ0v) is 13.3. The second kappa shape index (κ2) is 5.82. The van der Waals surface area contributed by atoms with Crippen LogP contribution < -0.4 is 4.90 Å². The van der Waals surface area contributed by atoms with E-state index in [4.69, 9.17) is 0 Å². The lowest BCUT2D eigenvalue weighted by Crippen LogP contribution is -2.24. The van der Waals surface area contributed by atoms with Crippen LogP contribution in [0.15, 0.2) is 85.5 Å². The molecule has 3 aromatic carbocycles. The van der Waals surface area contributed by atoms with Crippen LogP contribution in [0.5, 0.6) is 0 Å². The van der Waals surface area contributed by atoms with Crippen LogP contribution in [0.3, 0.4) is 0 Å². The number of nitrogens with zero attached hydrogens (tertiary/aromatic N) is 1. The lowest BCUT2D eigenvalue weighted by Gasteiger charge is -2.24. The second-order valence-corrected chi connectivity index (χ2v) is 5.85. The van der Waals surface area contributed by atoms with Crippen molar-refractivity contribution in [3.63, 3.8) is 0 Å². The minimum atomic E-state index is -0.120. The highest BCUT2D eigenvalue weighted by Gasteiger charge is 2.25. The predicted octanol–water partition coefficient (Wildman–Crippen LogP) is 5.11. The molecular formula is C22H17NO. The molecule has 0 aliphatic heterocycles. The predicted molar refractivity (Wildman–Crippen MR) is 98.5 cm³/mol. The summed E-state index contributed by atoms with van der Waals surface area (Å²) in [5.41, 5.74) is 6.75. The molecule has 1 aliphatic carbocycles. The van der Waals surface area contributed by atoms with Gasteiger partial charge in [0.05, 0.1) is 5.69 Å². The van der Waals surface area contributed by atoms with E-state index in [1.807, 2.05) is 42.5 Å². The van der Waals surface area contributed by atoms with Gasteiger partial charge in [-0.1, -0.05) is 61.2 Å². The highest BCUT2D eigenvalue weighted by atomic mass is 16.2. The van der Waals surface area contributed by atoms with E-state index in [9.17, 15) is 4.79 Å². The molecule has 0 fully saturated rings. The fraction of sp³-hybridized carbons (Fsp3) is 0.0455. The van der Waals surface area contributed by atoms with Gasteiger partial charge in [0.15, 0.2) is 0 Å². The molecule has 0 bridgehead atoms. The number of anilines is 2. The van der Waals surface area contributed by atoms with E-state index >= 15 is 0 Å². The number of para-hydroxylation sites is 1. The van der Waals surface area contributed by atoms with Crippen molar-refractivity contribution in [2.75, 3.05) is 4.90 Å². The van der Waals surface area contributed by atoms with E-state index in [1.54, 1.807) is 4.90 Å². The molecule has 24 heavy (non-hydrogen) atoms. The fourth-order valence-electron chi connectivity index (χ4n) is 3.40. The topological polar surface area (TPSA) is 20.3 Å². The summed E-state index contributed by atoms with van der Waals surface area (Å²) in [6.07, 6.45) is 2.21. The van der Waals surface area contributed by atoms with Gasteiger partial charge in [0.1, 0.15) is 0 Å². The highest BCUT2D eigenvalue weighted by Crippen LogP contribution is 2.42. The molecule has 0 saturated heterocycles. The fourth-order valence-corrected chi connectivity index (χ4v) is 3.40. The maximum Gasteiger partial charge on any atom is 0.254 e. The van der Waals surface area contributed by atoms with Gasteiger partial charge in [-0.3, -0.25) is 9.69 Å². The molecular weight excluding hydrogens is 294 g/mol. The van der Waals surface area contributed by atoms with Crippen LogP contribution in [-0.4, -0.2) is 5.91 Å². The maximum atomic E-state index is 12.6. The zero-order valence-electron chi connectivity index (χ0n) is 13.3. The van der Waals surface area contributed by atoms with E-state index in [2.05, 4.69) is 36.9 Å². The summed E-state index contributed by atoms with van der Waals surface area (Å²) in [6, 6.07) is 24.3. The van der Waals surface area contributed by atoms with Crippen LogP contribution in [0.2, 0.25) is 0 Å². The van der Waals surface area contributed by atoms with Crippen LogP contribution >= 0.6 is 0 Å². The summed E-state index contributed by atoms with van der Waals surface area (Å²) in [4.78, 5) is 14.3. The Hall–Kier alpha value is -3.13. The number of carbonyl (C=O) groups is 1. The third-order valence-electron chi connectivity index (χ3n) is 4.48. The van der Waals surface area contributed by atoms with Crippen molar-refractivity contribution in [1.29, 1.82) is 0 Å². The summed E-state index contributed by atoms with van der Waals surface area (Å²) in [7, 11) is 0. The van der Waals surface area contributed by atoms with Crippen LogP contribution in [0, 0.1) is 0 Å². The first-order valence-corrected chi connectivity index (χ1v) is 8.01. The molecule has 0 radical (unpaired) electrons. The molecule has 0 saturated carbocycles. The normalized spacial score (nSPS) is 11.5. The van der Waals surface area contributed by atoms with E-state index in [0.29, 0.717) is 0 Å². The lowest BCUT2D eigenvalue weighted by atomic mass is 10.0. The number of rotatable bonds is 3. The molecule has 1 aliphatic rings. The summed E-state index contributed by atoms with van der Waals surface area (Å²) in [5.74, 6) is -0.120. The molecule has 2 heteroatoms. The molecule has 4 rings (SSSR count). The maximum absolute atomic E-state index is 12.6. The smallest absolute Gasteiger partial charge is 0.254 e. The summed E-state index contributed by atoms with van der Waals surface area (Å²) < 4.78 is 0. The van der Waals surface area contributed by atoms with Crippen molar-refractivity contribution in [1.82, 2.24) is 0 Å². The molecule has 2 nitrogen and oxygen atoms in total. The van der Waals surface area contributed by atoms with Crippen molar-refractivity contribution < 1.29 is 4.79 Å². The zero-order chi connectivity index (χ0) is 16.5. The largest absolute Gasteiger partial charge is 0.277 e. The highest BCUT2D eigenvalue weighted by molar-refractivity contribution is 6.08. The van der Waals surface area contributed by atoms with Crippen molar-refractivity contribution in [3.8, 4) is 11.1 Å². The molecule has 3 aromatic rings. The summed E-state index contributed by atoms with van der Waals surface area (Å²) >= 11 is 0. The first kappa shape index (κ1) is 14.5. The molecule has 0 atom stereocenters. The van der Waals surface area contributed by atoms with Gasteiger partial charge in [-0.05, 0) is 46.5 Å². The number of hydrogen-bond acceptors (Lipinski definition) is 1. The average molecular weight is 311 g/mol. The standard InChI is InChI=1S/C22H17NO/c1-2-22(24)23(17-10-4-3-5-11-17)21-14-8-13-19-18-12-7-6-9-16(18)15-20(19)21/h2-14H,1,15H2. The number of carbonyl (C=O) groups excluding carboxylic acids is 1. The number of amides is 1. The summed E-state index contributed by atoms with van der Waals surface area (Å²) in [5, 5.41) is 0. The van der Waals surface area contributed by atoms with Crippen molar-refractivity contribution >= 4 is 17.3 Å². The average Bonchev–Trinajstić information content (AvgIpc) is 3.02. The minimum Gasteiger partial charge on any atom is -0.277 e. The van der Waals surface area contributed by atoms with Crippen LogP contribution in [0.4, 0.5) is 11.4 Å². The summed E-state index contributed by atoms with van der Waals surface area (Å²) in [6.45, 7) is 3.67. The number of fused-ring (bicyclic) bond motifs is 3. The van der Waals surface area contributed by atoms with Crippen LogP contribution in [-0.2, 0) is 11.2 Å². The van der Waals surface area contributed by atoms with Gasteiger partial charge in [-0.15, -0.1) is 0 Å². The van der Waals surface area contributed by atoms with Crippen molar-refractivity contribution in [2.45, 2.75) is 6.42 Å². The van der Waals surface area contributed by atoms with Gasteiger partial charge >= 0.3 is 0 Å².